The molecule has 2 heterocycles. The maximum absolute atomic E-state index is 11.9. The third-order valence-electron chi connectivity index (χ3n) is 3.09. The highest BCUT2D eigenvalue weighted by molar-refractivity contribution is 5.78. The lowest BCUT2D eigenvalue weighted by Gasteiger charge is -2.33. The summed E-state index contributed by atoms with van der Waals surface area (Å²) in [6.45, 7) is 7.14. The monoisotopic (exact) mass is 256 g/mol. The number of carbonyl (C=O) groups is 2. The Morgan fingerprint density at radius 3 is 2.78 bits per heavy atom. The zero-order valence-electron chi connectivity index (χ0n) is 11.1. The van der Waals surface area contributed by atoms with E-state index in [4.69, 9.17) is 9.47 Å². The number of amides is 2. The van der Waals surface area contributed by atoms with Crippen molar-refractivity contribution in [2.45, 2.75) is 38.4 Å². The fraction of sp³-hybridized carbons (Fsp3) is 0.833. The van der Waals surface area contributed by atoms with Gasteiger partial charge in [-0.2, -0.15) is 0 Å². The van der Waals surface area contributed by atoms with Gasteiger partial charge >= 0.3 is 6.09 Å². The fourth-order valence-corrected chi connectivity index (χ4v) is 2.17. The van der Waals surface area contributed by atoms with Crippen molar-refractivity contribution in [3.63, 3.8) is 0 Å². The van der Waals surface area contributed by atoms with Gasteiger partial charge in [0.15, 0.2) is 0 Å². The zero-order chi connectivity index (χ0) is 13.4. The summed E-state index contributed by atoms with van der Waals surface area (Å²) in [7, 11) is 0. The molecule has 1 N–H and O–H groups in total. The molecule has 0 bridgehead atoms. The van der Waals surface area contributed by atoms with Crippen LogP contribution in [0.5, 0.6) is 0 Å². The third-order valence-corrected chi connectivity index (χ3v) is 3.09. The molecule has 0 aromatic carbocycles. The molecule has 2 saturated heterocycles. The first-order chi connectivity index (χ1) is 8.30. The molecule has 2 aliphatic heterocycles. The molecule has 0 aromatic rings. The highest BCUT2D eigenvalue weighted by Crippen LogP contribution is 2.27. The van der Waals surface area contributed by atoms with Crippen molar-refractivity contribution in [2.75, 3.05) is 26.2 Å². The third kappa shape index (κ3) is 2.93. The molecule has 6 nitrogen and oxygen atoms in total. The normalized spacial score (nSPS) is 28.4. The molecule has 1 spiro atoms. The minimum absolute atomic E-state index is 0.0716. The van der Waals surface area contributed by atoms with Crippen LogP contribution in [0.4, 0.5) is 4.79 Å². The Hall–Kier alpha value is -1.30. The van der Waals surface area contributed by atoms with Gasteiger partial charge in [-0.05, 0) is 27.2 Å². The SMILES string of the molecule is CC(C)(C)OC(=O)N1CCC2(CNC(=O)CO2)C1. The number of nitrogens with zero attached hydrogens (tertiary/aromatic N) is 1. The van der Waals surface area contributed by atoms with Crippen LogP contribution in [0.3, 0.4) is 0 Å². The lowest BCUT2D eigenvalue weighted by molar-refractivity contribution is -0.142. The molecule has 0 aliphatic carbocycles. The maximum Gasteiger partial charge on any atom is 0.410 e. The molecule has 0 saturated carbocycles. The molecule has 2 amide bonds. The first kappa shape index (κ1) is 13.1. The van der Waals surface area contributed by atoms with Gasteiger partial charge < -0.3 is 19.7 Å². The van der Waals surface area contributed by atoms with E-state index in [9.17, 15) is 9.59 Å². The van der Waals surface area contributed by atoms with Crippen LogP contribution in [0.15, 0.2) is 0 Å². The molecule has 0 aromatic heterocycles. The number of rotatable bonds is 0. The highest BCUT2D eigenvalue weighted by Gasteiger charge is 2.44. The molecule has 2 fully saturated rings. The van der Waals surface area contributed by atoms with E-state index in [1.165, 1.54) is 0 Å². The summed E-state index contributed by atoms with van der Waals surface area (Å²) in [5, 5.41) is 2.78. The van der Waals surface area contributed by atoms with Gasteiger partial charge in [-0.1, -0.05) is 0 Å². The summed E-state index contributed by atoms with van der Waals surface area (Å²) in [5.74, 6) is -0.101. The maximum atomic E-state index is 11.9. The first-order valence-electron chi connectivity index (χ1n) is 6.18. The molecule has 1 atom stereocenters. The first-order valence-corrected chi connectivity index (χ1v) is 6.18. The number of carbonyl (C=O) groups excluding carboxylic acids is 2. The van der Waals surface area contributed by atoms with Crippen molar-refractivity contribution in [1.29, 1.82) is 0 Å². The van der Waals surface area contributed by atoms with Crippen molar-refractivity contribution in [1.82, 2.24) is 10.2 Å². The topological polar surface area (TPSA) is 67.9 Å². The highest BCUT2D eigenvalue weighted by atomic mass is 16.6. The summed E-state index contributed by atoms with van der Waals surface area (Å²) in [4.78, 5) is 24.6. The molecule has 6 heteroatoms. The van der Waals surface area contributed by atoms with Crippen LogP contribution in [0.2, 0.25) is 0 Å². The van der Waals surface area contributed by atoms with Crippen LogP contribution < -0.4 is 5.32 Å². The van der Waals surface area contributed by atoms with Crippen LogP contribution in [-0.2, 0) is 14.3 Å². The molecular weight excluding hydrogens is 236 g/mol. The fourth-order valence-electron chi connectivity index (χ4n) is 2.17. The average molecular weight is 256 g/mol. The number of hydrogen-bond donors (Lipinski definition) is 1. The number of nitrogens with one attached hydrogen (secondary N) is 1. The van der Waals surface area contributed by atoms with E-state index in [2.05, 4.69) is 5.32 Å². The van der Waals surface area contributed by atoms with Crippen LogP contribution in [0.25, 0.3) is 0 Å². The summed E-state index contributed by atoms with van der Waals surface area (Å²) in [6.07, 6.45) is 0.409. The Morgan fingerprint density at radius 2 is 2.22 bits per heavy atom. The Balaban J connectivity index is 1.92. The predicted molar refractivity (Wildman–Crippen MR) is 64.1 cm³/mol. The smallest absolute Gasteiger partial charge is 0.410 e. The Morgan fingerprint density at radius 1 is 1.50 bits per heavy atom. The largest absolute Gasteiger partial charge is 0.444 e. The van der Waals surface area contributed by atoms with Crippen molar-refractivity contribution < 1.29 is 19.1 Å². The molecule has 0 radical (unpaired) electrons. The van der Waals surface area contributed by atoms with E-state index < -0.39 is 11.2 Å². The van der Waals surface area contributed by atoms with Crippen LogP contribution in [0, 0.1) is 0 Å². The van der Waals surface area contributed by atoms with E-state index in [-0.39, 0.29) is 18.6 Å². The minimum Gasteiger partial charge on any atom is -0.444 e. The predicted octanol–water partition coefficient (Wildman–Crippen LogP) is 0.512. The number of hydrogen-bond acceptors (Lipinski definition) is 4. The molecule has 2 rings (SSSR count). The van der Waals surface area contributed by atoms with E-state index in [0.717, 1.165) is 6.42 Å². The Bertz CT molecular complexity index is 352. The van der Waals surface area contributed by atoms with Crippen LogP contribution in [0.1, 0.15) is 27.2 Å². The van der Waals surface area contributed by atoms with Crippen molar-refractivity contribution >= 4 is 12.0 Å². The second kappa shape index (κ2) is 4.42. The number of likely N-dealkylation sites (tertiary alicyclic amines) is 1. The van der Waals surface area contributed by atoms with Crippen molar-refractivity contribution in [3.05, 3.63) is 0 Å². The van der Waals surface area contributed by atoms with E-state index in [1.54, 1.807) is 4.90 Å². The van der Waals surface area contributed by atoms with E-state index >= 15 is 0 Å². The molecule has 102 valence electrons. The van der Waals surface area contributed by atoms with Gasteiger partial charge in [0.05, 0.1) is 6.54 Å². The molecule has 18 heavy (non-hydrogen) atoms. The number of morpholine rings is 1. The zero-order valence-corrected chi connectivity index (χ0v) is 11.1. The Labute approximate surface area is 107 Å². The standard InChI is InChI=1S/C12H20N2O4/c1-11(2,3)18-10(16)14-5-4-12(8-14)7-13-9(15)6-17-12/h4-8H2,1-3H3,(H,13,15). The summed E-state index contributed by atoms with van der Waals surface area (Å²) >= 11 is 0. The van der Waals surface area contributed by atoms with Crippen molar-refractivity contribution in [2.24, 2.45) is 0 Å². The van der Waals surface area contributed by atoms with E-state index in [1.807, 2.05) is 20.8 Å². The minimum atomic E-state index is -0.492. The van der Waals surface area contributed by atoms with Gasteiger partial charge in [0.1, 0.15) is 17.8 Å². The van der Waals surface area contributed by atoms with Gasteiger partial charge in [-0.3, -0.25) is 4.79 Å². The second-order valence-electron chi connectivity index (χ2n) is 5.90. The lowest BCUT2D eigenvalue weighted by atomic mass is 10.0. The molecular formula is C12H20N2O4. The van der Waals surface area contributed by atoms with Gasteiger partial charge in [-0.25, -0.2) is 4.79 Å². The number of ether oxygens (including phenoxy) is 2. The van der Waals surface area contributed by atoms with Gasteiger partial charge in [0.2, 0.25) is 5.91 Å². The lowest BCUT2D eigenvalue weighted by Crippen LogP contribution is -2.54. The van der Waals surface area contributed by atoms with Gasteiger partial charge in [0.25, 0.3) is 0 Å². The summed E-state index contributed by atoms with van der Waals surface area (Å²) in [5.41, 5.74) is -0.917. The quantitative estimate of drug-likeness (QED) is 0.686. The van der Waals surface area contributed by atoms with Crippen LogP contribution in [-0.4, -0.2) is 54.3 Å². The average Bonchev–Trinajstić information content (AvgIpc) is 2.65. The second-order valence-corrected chi connectivity index (χ2v) is 5.90. The van der Waals surface area contributed by atoms with Gasteiger partial charge in [-0.15, -0.1) is 0 Å². The summed E-state index contributed by atoms with van der Waals surface area (Å²) < 4.78 is 10.9. The molecule has 2 aliphatic rings. The van der Waals surface area contributed by atoms with Gasteiger partial charge in [0, 0.05) is 13.1 Å². The van der Waals surface area contributed by atoms with Crippen molar-refractivity contribution in [3.8, 4) is 0 Å². The van der Waals surface area contributed by atoms with Crippen LogP contribution >= 0.6 is 0 Å². The van der Waals surface area contributed by atoms with E-state index in [0.29, 0.717) is 19.6 Å². The molecule has 1 unspecified atom stereocenters. The summed E-state index contributed by atoms with van der Waals surface area (Å²) in [6, 6.07) is 0. The Kier molecular flexibility index (Phi) is 3.23.